The molecule has 25 heavy (non-hydrogen) atoms. The van der Waals surface area contributed by atoms with E-state index in [9.17, 15) is 14.4 Å². The summed E-state index contributed by atoms with van der Waals surface area (Å²) in [5, 5.41) is 2.92. The van der Waals surface area contributed by atoms with Crippen LogP contribution in [0.3, 0.4) is 0 Å². The average molecular weight is 363 g/mol. The van der Waals surface area contributed by atoms with E-state index >= 15 is 0 Å². The van der Waals surface area contributed by atoms with Crippen LogP contribution in [0.2, 0.25) is 5.02 Å². The Balaban J connectivity index is 1.84. The Morgan fingerprint density at radius 2 is 1.68 bits per heavy atom. The van der Waals surface area contributed by atoms with E-state index in [1.165, 1.54) is 24.3 Å². The highest BCUT2D eigenvalue weighted by molar-refractivity contribution is 6.33. The van der Waals surface area contributed by atoms with Crippen LogP contribution in [0.25, 0.3) is 0 Å². The van der Waals surface area contributed by atoms with Gasteiger partial charge in [-0.15, -0.1) is 0 Å². The molecule has 2 aromatic carbocycles. The van der Waals surface area contributed by atoms with Crippen molar-refractivity contribution in [2.45, 2.75) is 0 Å². The summed E-state index contributed by atoms with van der Waals surface area (Å²) in [5.41, 5.74) is 5.63. The Morgan fingerprint density at radius 3 is 2.32 bits per heavy atom. The van der Waals surface area contributed by atoms with Crippen molar-refractivity contribution < 1.29 is 23.9 Å². The van der Waals surface area contributed by atoms with Crippen LogP contribution in [0.15, 0.2) is 48.5 Å². The number of benzene rings is 2. The van der Waals surface area contributed by atoms with Gasteiger partial charge in [0.2, 0.25) is 0 Å². The summed E-state index contributed by atoms with van der Waals surface area (Å²) in [5.74, 6) is -1.40. The minimum Gasteiger partial charge on any atom is -0.484 e. The molecule has 0 saturated carbocycles. The topological polar surface area (TPSA) is 108 Å². The molecule has 0 bridgehead atoms. The van der Waals surface area contributed by atoms with Gasteiger partial charge in [-0.2, -0.15) is 0 Å². The average Bonchev–Trinajstić information content (AvgIpc) is 2.60. The number of hydrogen-bond acceptors (Lipinski definition) is 5. The normalized spacial score (nSPS) is 9.96. The molecule has 0 heterocycles. The van der Waals surface area contributed by atoms with Crippen molar-refractivity contribution in [2.75, 3.05) is 18.5 Å². The Labute approximate surface area is 148 Å². The third kappa shape index (κ3) is 5.82. The van der Waals surface area contributed by atoms with Crippen molar-refractivity contribution in [2.24, 2.45) is 5.73 Å². The molecule has 2 aromatic rings. The summed E-state index contributed by atoms with van der Waals surface area (Å²) in [7, 11) is 0. The van der Waals surface area contributed by atoms with Crippen molar-refractivity contribution in [3.05, 3.63) is 59.1 Å². The second kappa shape index (κ2) is 8.70. The summed E-state index contributed by atoms with van der Waals surface area (Å²) in [6.07, 6.45) is 0. The molecule has 130 valence electrons. The molecule has 0 aliphatic heterocycles. The minimum absolute atomic E-state index is 0.233. The number of ether oxygens (including phenoxy) is 2. The van der Waals surface area contributed by atoms with Gasteiger partial charge in [-0.25, -0.2) is 4.79 Å². The fraction of sp³-hybridized carbons (Fsp3) is 0.118. The van der Waals surface area contributed by atoms with E-state index in [0.29, 0.717) is 16.5 Å². The zero-order valence-corrected chi connectivity index (χ0v) is 13.8. The molecule has 0 aliphatic rings. The van der Waals surface area contributed by atoms with Gasteiger partial charge in [0.05, 0.1) is 16.3 Å². The van der Waals surface area contributed by atoms with Crippen molar-refractivity contribution >= 4 is 35.1 Å². The maximum atomic E-state index is 11.9. The van der Waals surface area contributed by atoms with Gasteiger partial charge in [0.25, 0.3) is 11.8 Å². The maximum Gasteiger partial charge on any atom is 0.338 e. The molecule has 3 N–H and O–H groups in total. The number of nitrogens with one attached hydrogen (secondary N) is 1. The van der Waals surface area contributed by atoms with Gasteiger partial charge in [0, 0.05) is 0 Å². The van der Waals surface area contributed by atoms with Gasteiger partial charge in [-0.1, -0.05) is 23.7 Å². The number of carbonyl (C=O) groups is 3. The van der Waals surface area contributed by atoms with E-state index in [2.05, 4.69) is 5.32 Å². The van der Waals surface area contributed by atoms with Crippen molar-refractivity contribution in [3.63, 3.8) is 0 Å². The fourth-order valence-electron chi connectivity index (χ4n) is 1.81. The molecule has 0 unspecified atom stereocenters. The van der Waals surface area contributed by atoms with E-state index < -0.39 is 24.4 Å². The van der Waals surface area contributed by atoms with Gasteiger partial charge in [-0.05, 0) is 36.4 Å². The second-order valence-corrected chi connectivity index (χ2v) is 5.29. The van der Waals surface area contributed by atoms with Crippen LogP contribution >= 0.6 is 11.6 Å². The Hall–Kier alpha value is -3.06. The summed E-state index contributed by atoms with van der Waals surface area (Å²) in [4.78, 5) is 34.3. The van der Waals surface area contributed by atoms with Crippen LogP contribution in [0.1, 0.15) is 10.4 Å². The van der Waals surface area contributed by atoms with Crippen LogP contribution in [0.4, 0.5) is 5.69 Å². The largest absolute Gasteiger partial charge is 0.484 e. The van der Waals surface area contributed by atoms with Crippen LogP contribution < -0.4 is 15.8 Å². The van der Waals surface area contributed by atoms with Crippen LogP contribution in [0.5, 0.6) is 5.75 Å². The van der Waals surface area contributed by atoms with E-state index in [4.69, 9.17) is 26.8 Å². The first-order chi connectivity index (χ1) is 12.0. The molecule has 7 nitrogen and oxygen atoms in total. The lowest BCUT2D eigenvalue weighted by Gasteiger charge is -2.08. The number of rotatable bonds is 7. The SMILES string of the molecule is NC(=O)COc1ccc(C(=O)OCC(=O)Nc2ccccc2Cl)cc1. The lowest BCUT2D eigenvalue weighted by Crippen LogP contribution is -2.21. The number of primary amides is 1. The number of esters is 1. The third-order valence-corrected chi connectivity index (χ3v) is 3.28. The molecule has 0 atom stereocenters. The zero-order valence-electron chi connectivity index (χ0n) is 13.0. The van der Waals surface area contributed by atoms with Gasteiger partial charge >= 0.3 is 5.97 Å². The van der Waals surface area contributed by atoms with Crippen LogP contribution in [-0.4, -0.2) is 31.0 Å². The number of para-hydroxylation sites is 1. The molecular weight excluding hydrogens is 348 g/mol. The van der Waals surface area contributed by atoms with Crippen molar-refractivity contribution in [1.29, 1.82) is 0 Å². The molecule has 8 heteroatoms. The highest BCUT2D eigenvalue weighted by Gasteiger charge is 2.11. The first-order valence-electron chi connectivity index (χ1n) is 7.18. The first-order valence-corrected chi connectivity index (χ1v) is 7.56. The molecule has 0 radical (unpaired) electrons. The van der Waals surface area contributed by atoms with Gasteiger partial charge in [-0.3, -0.25) is 9.59 Å². The van der Waals surface area contributed by atoms with Crippen LogP contribution in [-0.2, 0) is 14.3 Å². The maximum absolute atomic E-state index is 11.9. The number of halogens is 1. The molecule has 0 saturated heterocycles. The predicted octanol–water partition coefficient (Wildman–Crippen LogP) is 2.00. The smallest absolute Gasteiger partial charge is 0.338 e. The fourth-order valence-corrected chi connectivity index (χ4v) is 1.99. The number of anilines is 1. The molecule has 0 aliphatic carbocycles. The van der Waals surface area contributed by atoms with E-state index in [-0.39, 0.29) is 12.2 Å². The van der Waals surface area contributed by atoms with Crippen LogP contribution in [0, 0.1) is 0 Å². The summed E-state index contributed by atoms with van der Waals surface area (Å²) in [6.45, 7) is -0.712. The van der Waals surface area contributed by atoms with Gasteiger partial charge in [0.1, 0.15) is 5.75 Å². The Kier molecular flexibility index (Phi) is 6.36. The quantitative estimate of drug-likeness (QED) is 0.732. The summed E-state index contributed by atoms with van der Waals surface area (Å²) < 4.78 is 10.0. The highest BCUT2D eigenvalue weighted by Crippen LogP contribution is 2.20. The zero-order chi connectivity index (χ0) is 18.2. The predicted molar refractivity (Wildman–Crippen MR) is 91.5 cm³/mol. The van der Waals surface area contributed by atoms with Crippen molar-refractivity contribution in [1.82, 2.24) is 0 Å². The molecular formula is C17H15ClN2O5. The standard InChI is InChI=1S/C17H15ClN2O5/c18-13-3-1-2-4-14(13)20-16(22)10-25-17(23)11-5-7-12(8-6-11)24-9-15(19)21/h1-8H,9-10H2,(H2,19,21)(H,20,22). The molecule has 2 amide bonds. The Morgan fingerprint density at radius 1 is 1.00 bits per heavy atom. The monoisotopic (exact) mass is 362 g/mol. The van der Waals surface area contributed by atoms with E-state index in [1.807, 2.05) is 0 Å². The molecule has 0 aromatic heterocycles. The minimum atomic E-state index is -0.671. The van der Waals surface area contributed by atoms with Gasteiger partial charge < -0.3 is 20.5 Å². The number of carbonyl (C=O) groups excluding carboxylic acids is 3. The van der Waals surface area contributed by atoms with Gasteiger partial charge in [0.15, 0.2) is 13.2 Å². The number of nitrogens with two attached hydrogens (primary N) is 1. The molecule has 0 spiro atoms. The Bertz CT molecular complexity index is 777. The molecule has 0 fully saturated rings. The first kappa shape index (κ1) is 18.3. The lowest BCUT2D eigenvalue weighted by molar-refractivity contribution is -0.120. The summed E-state index contributed by atoms with van der Waals surface area (Å²) >= 11 is 5.92. The second-order valence-electron chi connectivity index (χ2n) is 4.88. The number of hydrogen-bond donors (Lipinski definition) is 2. The number of amides is 2. The van der Waals surface area contributed by atoms with Crippen molar-refractivity contribution in [3.8, 4) is 5.75 Å². The summed E-state index contributed by atoms with van der Waals surface area (Å²) in [6, 6.07) is 12.6. The lowest BCUT2D eigenvalue weighted by atomic mass is 10.2. The molecule has 2 rings (SSSR count). The van der Waals surface area contributed by atoms with E-state index in [1.54, 1.807) is 24.3 Å². The highest BCUT2D eigenvalue weighted by atomic mass is 35.5. The van der Waals surface area contributed by atoms with E-state index in [0.717, 1.165) is 0 Å². The third-order valence-electron chi connectivity index (χ3n) is 2.95.